The Morgan fingerprint density at radius 1 is 1.20 bits per heavy atom. The molecule has 2 aromatic rings. The van der Waals surface area contributed by atoms with Crippen LogP contribution in [-0.4, -0.2) is 46.1 Å². The van der Waals surface area contributed by atoms with E-state index in [1.807, 2.05) is 30.3 Å². The summed E-state index contributed by atoms with van der Waals surface area (Å²) in [5, 5.41) is 7.21. The number of aromatic nitrogens is 2. The molecule has 132 valence electrons. The molecule has 6 nitrogen and oxygen atoms in total. The lowest BCUT2D eigenvalue weighted by atomic mass is 9.99. The van der Waals surface area contributed by atoms with Crippen molar-refractivity contribution in [2.75, 3.05) is 13.1 Å². The third kappa shape index (κ3) is 3.74. The second-order valence-corrected chi connectivity index (χ2v) is 6.94. The molecule has 2 fully saturated rings. The van der Waals surface area contributed by atoms with E-state index in [4.69, 9.17) is 4.52 Å². The van der Waals surface area contributed by atoms with Gasteiger partial charge in [-0.1, -0.05) is 41.9 Å². The fourth-order valence-electron chi connectivity index (χ4n) is 3.98. The first-order valence-electron chi connectivity index (χ1n) is 9.21. The Balaban J connectivity index is 1.28. The van der Waals surface area contributed by atoms with E-state index in [1.54, 1.807) is 0 Å². The normalized spacial score (nSPS) is 23.4. The van der Waals surface area contributed by atoms with Gasteiger partial charge in [-0.3, -0.25) is 9.69 Å². The van der Waals surface area contributed by atoms with E-state index in [2.05, 4.69) is 20.4 Å². The SMILES string of the molecule is O=C(CCc1nc(-c2ccccc2)no1)NC1CCN2CCCCC12. The van der Waals surface area contributed by atoms with Crippen molar-refractivity contribution < 1.29 is 9.32 Å². The van der Waals surface area contributed by atoms with Crippen LogP contribution in [0.25, 0.3) is 11.4 Å². The Morgan fingerprint density at radius 3 is 2.96 bits per heavy atom. The van der Waals surface area contributed by atoms with Crippen LogP contribution >= 0.6 is 0 Å². The fourth-order valence-corrected chi connectivity index (χ4v) is 3.98. The summed E-state index contributed by atoms with van der Waals surface area (Å²) in [6.45, 7) is 2.29. The number of fused-ring (bicyclic) bond motifs is 1. The zero-order valence-corrected chi connectivity index (χ0v) is 14.4. The Bertz CT molecular complexity index is 715. The number of nitrogens with zero attached hydrogens (tertiary/aromatic N) is 3. The number of benzene rings is 1. The summed E-state index contributed by atoms with van der Waals surface area (Å²) in [5.74, 6) is 1.17. The first-order valence-corrected chi connectivity index (χ1v) is 9.21. The summed E-state index contributed by atoms with van der Waals surface area (Å²) in [5.41, 5.74) is 0.922. The van der Waals surface area contributed by atoms with Crippen LogP contribution in [0.5, 0.6) is 0 Å². The molecule has 0 aliphatic carbocycles. The number of amides is 1. The summed E-state index contributed by atoms with van der Waals surface area (Å²) in [6.07, 6.45) is 5.70. The van der Waals surface area contributed by atoms with Gasteiger partial charge in [0.2, 0.25) is 17.6 Å². The third-order valence-electron chi connectivity index (χ3n) is 5.27. The summed E-state index contributed by atoms with van der Waals surface area (Å²) >= 11 is 0. The molecule has 1 aromatic carbocycles. The van der Waals surface area contributed by atoms with Gasteiger partial charge in [-0.05, 0) is 25.8 Å². The predicted molar refractivity (Wildman–Crippen MR) is 93.8 cm³/mol. The van der Waals surface area contributed by atoms with Crippen LogP contribution in [0.15, 0.2) is 34.9 Å². The Morgan fingerprint density at radius 2 is 2.08 bits per heavy atom. The molecule has 4 rings (SSSR count). The minimum atomic E-state index is 0.0804. The summed E-state index contributed by atoms with van der Waals surface area (Å²) in [7, 11) is 0. The summed E-state index contributed by atoms with van der Waals surface area (Å²) in [4.78, 5) is 19.2. The Hall–Kier alpha value is -2.21. The maximum atomic E-state index is 12.3. The lowest BCUT2D eigenvalue weighted by Gasteiger charge is -2.32. The van der Waals surface area contributed by atoms with E-state index in [9.17, 15) is 4.79 Å². The largest absolute Gasteiger partial charge is 0.352 e. The van der Waals surface area contributed by atoms with E-state index >= 15 is 0 Å². The maximum absolute atomic E-state index is 12.3. The molecule has 6 heteroatoms. The smallest absolute Gasteiger partial charge is 0.227 e. The number of piperidine rings is 1. The van der Waals surface area contributed by atoms with Crippen LogP contribution < -0.4 is 5.32 Å². The highest BCUT2D eigenvalue weighted by atomic mass is 16.5. The first-order chi connectivity index (χ1) is 12.3. The van der Waals surface area contributed by atoms with Crippen LogP contribution in [-0.2, 0) is 11.2 Å². The number of rotatable bonds is 5. The molecule has 3 heterocycles. The standard InChI is InChI=1S/C19H24N4O2/c24-17(20-15-11-13-23-12-5-4-8-16(15)23)9-10-18-21-19(22-25-18)14-6-2-1-3-7-14/h1-3,6-7,15-16H,4-5,8-13H2,(H,20,24). The van der Waals surface area contributed by atoms with E-state index in [0.29, 0.717) is 36.6 Å². The minimum Gasteiger partial charge on any atom is -0.352 e. The molecule has 25 heavy (non-hydrogen) atoms. The lowest BCUT2D eigenvalue weighted by Crippen LogP contribution is -2.46. The molecular formula is C19H24N4O2. The molecule has 2 aliphatic heterocycles. The first kappa shape index (κ1) is 16.3. The number of carbonyl (C=O) groups is 1. The zero-order valence-electron chi connectivity index (χ0n) is 14.4. The molecule has 2 unspecified atom stereocenters. The lowest BCUT2D eigenvalue weighted by molar-refractivity contribution is -0.122. The Labute approximate surface area is 147 Å². The molecule has 1 N–H and O–H groups in total. The van der Waals surface area contributed by atoms with Crippen LogP contribution in [0.1, 0.15) is 38.0 Å². The summed E-state index contributed by atoms with van der Waals surface area (Å²) in [6, 6.07) is 10.5. The van der Waals surface area contributed by atoms with E-state index in [-0.39, 0.29) is 5.91 Å². The molecule has 2 atom stereocenters. The van der Waals surface area contributed by atoms with Crippen LogP contribution in [0, 0.1) is 0 Å². The van der Waals surface area contributed by atoms with Gasteiger partial charge < -0.3 is 9.84 Å². The second-order valence-electron chi connectivity index (χ2n) is 6.94. The van der Waals surface area contributed by atoms with E-state index < -0.39 is 0 Å². The Kier molecular flexibility index (Phi) is 4.78. The van der Waals surface area contributed by atoms with Gasteiger partial charge in [0.1, 0.15) is 0 Å². The predicted octanol–water partition coefficient (Wildman–Crippen LogP) is 2.41. The van der Waals surface area contributed by atoms with Crippen molar-refractivity contribution >= 4 is 5.91 Å². The number of hydrogen-bond acceptors (Lipinski definition) is 5. The number of carbonyl (C=O) groups excluding carboxylic acids is 1. The van der Waals surface area contributed by atoms with Crippen molar-refractivity contribution in [1.82, 2.24) is 20.4 Å². The molecule has 0 spiro atoms. The zero-order chi connectivity index (χ0) is 17.1. The molecule has 0 radical (unpaired) electrons. The van der Waals surface area contributed by atoms with Gasteiger partial charge in [0.05, 0.1) is 0 Å². The van der Waals surface area contributed by atoms with Gasteiger partial charge >= 0.3 is 0 Å². The molecule has 2 aliphatic rings. The van der Waals surface area contributed by atoms with Gasteiger partial charge in [-0.15, -0.1) is 0 Å². The average molecular weight is 340 g/mol. The van der Waals surface area contributed by atoms with Crippen molar-refractivity contribution in [2.24, 2.45) is 0 Å². The molecular weight excluding hydrogens is 316 g/mol. The number of nitrogens with one attached hydrogen (secondary N) is 1. The van der Waals surface area contributed by atoms with E-state index in [0.717, 1.165) is 18.5 Å². The van der Waals surface area contributed by atoms with Crippen molar-refractivity contribution in [3.05, 3.63) is 36.2 Å². The highest BCUT2D eigenvalue weighted by Gasteiger charge is 2.36. The average Bonchev–Trinajstić information content (AvgIpc) is 3.28. The number of aryl methyl sites for hydroxylation is 1. The van der Waals surface area contributed by atoms with Gasteiger partial charge in [0.15, 0.2) is 0 Å². The van der Waals surface area contributed by atoms with Gasteiger partial charge in [-0.25, -0.2) is 0 Å². The monoisotopic (exact) mass is 340 g/mol. The highest BCUT2D eigenvalue weighted by molar-refractivity contribution is 5.76. The van der Waals surface area contributed by atoms with Crippen molar-refractivity contribution in [1.29, 1.82) is 0 Å². The van der Waals surface area contributed by atoms with Crippen LogP contribution in [0.2, 0.25) is 0 Å². The van der Waals surface area contributed by atoms with Crippen molar-refractivity contribution in [3.8, 4) is 11.4 Å². The fraction of sp³-hybridized carbons (Fsp3) is 0.526. The van der Waals surface area contributed by atoms with Crippen molar-refractivity contribution in [2.45, 2.75) is 50.6 Å². The third-order valence-corrected chi connectivity index (χ3v) is 5.27. The van der Waals surface area contributed by atoms with Gasteiger partial charge in [-0.2, -0.15) is 4.98 Å². The van der Waals surface area contributed by atoms with Gasteiger partial charge in [0.25, 0.3) is 0 Å². The molecule has 0 saturated carbocycles. The second kappa shape index (κ2) is 7.35. The highest BCUT2D eigenvalue weighted by Crippen LogP contribution is 2.27. The van der Waals surface area contributed by atoms with Crippen LogP contribution in [0.3, 0.4) is 0 Å². The maximum Gasteiger partial charge on any atom is 0.227 e. The molecule has 1 amide bonds. The molecule has 0 bridgehead atoms. The van der Waals surface area contributed by atoms with E-state index in [1.165, 1.54) is 25.8 Å². The number of hydrogen-bond donors (Lipinski definition) is 1. The minimum absolute atomic E-state index is 0.0804. The van der Waals surface area contributed by atoms with Gasteiger partial charge in [0, 0.05) is 37.0 Å². The van der Waals surface area contributed by atoms with Crippen LogP contribution in [0.4, 0.5) is 0 Å². The quantitative estimate of drug-likeness (QED) is 0.905. The topological polar surface area (TPSA) is 71.3 Å². The molecule has 1 aromatic heterocycles. The summed E-state index contributed by atoms with van der Waals surface area (Å²) < 4.78 is 5.28. The van der Waals surface area contributed by atoms with Crippen molar-refractivity contribution in [3.63, 3.8) is 0 Å². The molecule has 2 saturated heterocycles.